The molecule has 0 bridgehead atoms. The normalized spacial score (nSPS) is 14.5. The Morgan fingerprint density at radius 1 is 1.08 bits per heavy atom. The first kappa shape index (κ1) is 17.1. The topological polar surface area (TPSA) is 95.6 Å². The first-order valence-electron chi connectivity index (χ1n) is 7.60. The van der Waals surface area contributed by atoms with E-state index in [1.807, 2.05) is 30.3 Å². The van der Waals surface area contributed by atoms with Crippen molar-refractivity contribution in [1.82, 2.24) is 9.62 Å². The molecule has 0 atom stereocenters. The Morgan fingerprint density at radius 2 is 1.80 bits per heavy atom. The molecule has 8 heteroatoms. The molecule has 0 radical (unpaired) electrons. The predicted octanol–water partition coefficient (Wildman–Crippen LogP) is 1.19. The highest BCUT2D eigenvalue weighted by Gasteiger charge is 2.25. The minimum absolute atomic E-state index is 0.00372. The summed E-state index contributed by atoms with van der Waals surface area (Å²) in [6, 6.07) is 13.3. The Labute approximate surface area is 145 Å². The highest BCUT2D eigenvalue weighted by atomic mass is 32.2. The molecular weight excluding hydrogens is 342 g/mol. The fourth-order valence-corrected chi connectivity index (χ4v) is 3.72. The van der Waals surface area contributed by atoms with Crippen molar-refractivity contribution in [1.29, 1.82) is 0 Å². The van der Waals surface area contributed by atoms with Crippen LogP contribution in [0.2, 0.25) is 0 Å². The summed E-state index contributed by atoms with van der Waals surface area (Å²) in [7, 11) is -2.30. The number of fused-ring (bicyclic) bond motifs is 1. The maximum atomic E-state index is 12.8. The molecular formula is C17H17N3O4S. The van der Waals surface area contributed by atoms with Crippen LogP contribution in [0.3, 0.4) is 0 Å². The van der Waals surface area contributed by atoms with Crippen LogP contribution < -0.4 is 10.6 Å². The summed E-state index contributed by atoms with van der Waals surface area (Å²) < 4.78 is 26.8. The summed E-state index contributed by atoms with van der Waals surface area (Å²) >= 11 is 0. The van der Waals surface area contributed by atoms with E-state index in [-0.39, 0.29) is 29.5 Å². The molecule has 0 unspecified atom stereocenters. The van der Waals surface area contributed by atoms with Crippen molar-refractivity contribution in [3.63, 3.8) is 0 Å². The van der Waals surface area contributed by atoms with Crippen molar-refractivity contribution in [3.8, 4) is 0 Å². The number of nitrogens with one attached hydrogen (secondary N) is 2. The fourth-order valence-electron chi connectivity index (χ4n) is 2.54. The molecule has 1 aliphatic rings. The molecule has 25 heavy (non-hydrogen) atoms. The summed E-state index contributed by atoms with van der Waals surface area (Å²) in [4.78, 5) is 23.6. The van der Waals surface area contributed by atoms with Gasteiger partial charge in [-0.3, -0.25) is 9.59 Å². The summed E-state index contributed by atoms with van der Waals surface area (Å²) in [6.45, 7) is 0.0622. The van der Waals surface area contributed by atoms with Gasteiger partial charge in [-0.2, -0.15) is 4.31 Å². The monoisotopic (exact) mass is 359 g/mol. The lowest BCUT2D eigenvalue weighted by Crippen LogP contribution is -2.29. The maximum absolute atomic E-state index is 12.8. The van der Waals surface area contributed by atoms with Crippen LogP contribution in [0.15, 0.2) is 53.4 Å². The van der Waals surface area contributed by atoms with Crippen molar-refractivity contribution in [2.45, 2.75) is 11.4 Å². The van der Waals surface area contributed by atoms with E-state index in [4.69, 9.17) is 0 Å². The van der Waals surface area contributed by atoms with Gasteiger partial charge in [-0.15, -0.1) is 0 Å². The third-order valence-electron chi connectivity index (χ3n) is 3.88. The van der Waals surface area contributed by atoms with Gasteiger partial charge in [0.25, 0.3) is 5.91 Å². The first-order chi connectivity index (χ1) is 11.9. The highest BCUT2D eigenvalue weighted by Crippen LogP contribution is 2.24. The Morgan fingerprint density at radius 3 is 2.52 bits per heavy atom. The summed E-state index contributed by atoms with van der Waals surface area (Å²) in [5.41, 5.74) is 1.28. The predicted molar refractivity (Wildman–Crippen MR) is 92.5 cm³/mol. The van der Waals surface area contributed by atoms with Crippen molar-refractivity contribution in [2.75, 3.05) is 18.9 Å². The molecule has 7 nitrogen and oxygen atoms in total. The Bertz CT molecular complexity index is 926. The number of sulfonamides is 1. The van der Waals surface area contributed by atoms with E-state index in [9.17, 15) is 18.0 Å². The molecule has 1 aliphatic heterocycles. The Hall–Kier alpha value is -2.71. The van der Waals surface area contributed by atoms with Gasteiger partial charge in [0, 0.05) is 13.6 Å². The molecule has 130 valence electrons. The van der Waals surface area contributed by atoms with Gasteiger partial charge in [-0.05, 0) is 23.8 Å². The number of rotatable bonds is 4. The van der Waals surface area contributed by atoms with E-state index in [1.165, 1.54) is 29.6 Å². The number of anilines is 1. The summed E-state index contributed by atoms with van der Waals surface area (Å²) in [5, 5.41) is 5.01. The second-order valence-electron chi connectivity index (χ2n) is 5.68. The second kappa shape index (κ2) is 6.66. The second-order valence-corrected chi connectivity index (χ2v) is 7.73. The molecule has 2 aromatic rings. The number of hydrogen-bond acceptors (Lipinski definition) is 4. The van der Waals surface area contributed by atoms with Crippen molar-refractivity contribution in [2.24, 2.45) is 0 Å². The number of carbonyl (C=O) groups excluding carboxylic acids is 2. The standard InChI is InChI=1S/C17H17N3O4S/c1-20(11-12-5-3-2-4-6-12)25(23,24)13-7-8-15-14(9-13)17(22)18-10-16(21)19-15/h2-9H,10-11H2,1H3,(H,18,22)(H,19,21). The number of amides is 2. The van der Waals surface area contributed by atoms with Crippen LogP contribution >= 0.6 is 0 Å². The maximum Gasteiger partial charge on any atom is 0.253 e. The van der Waals surface area contributed by atoms with E-state index in [0.717, 1.165) is 5.56 Å². The van der Waals surface area contributed by atoms with Crippen LogP contribution in [0, 0.1) is 0 Å². The van der Waals surface area contributed by atoms with Crippen LogP contribution in [-0.4, -0.2) is 38.1 Å². The summed E-state index contributed by atoms with van der Waals surface area (Å²) in [5.74, 6) is -0.847. The first-order valence-corrected chi connectivity index (χ1v) is 9.04. The van der Waals surface area contributed by atoms with Gasteiger partial charge in [-0.25, -0.2) is 8.42 Å². The average Bonchev–Trinajstić information content (AvgIpc) is 2.74. The molecule has 0 saturated carbocycles. The van der Waals surface area contributed by atoms with Gasteiger partial charge in [0.15, 0.2) is 0 Å². The van der Waals surface area contributed by atoms with Crippen molar-refractivity contribution in [3.05, 3.63) is 59.7 Å². The molecule has 2 amide bonds. The van der Waals surface area contributed by atoms with Crippen LogP contribution in [0.5, 0.6) is 0 Å². The quantitative estimate of drug-likeness (QED) is 0.857. The smallest absolute Gasteiger partial charge is 0.253 e. The van der Waals surface area contributed by atoms with Crippen LogP contribution in [0.1, 0.15) is 15.9 Å². The lowest BCUT2D eigenvalue weighted by Gasteiger charge is -2.18. The summed E-state index contributed by atoms with van der Waals surface area (Å²) in [6.07, 6.45) is 0. The highest BCUT2D eigenvalue weighted by molar-refractivity contribution is 7.89. The average molecular weight is 359 g/mol. The van der Waals surface area contributed by atoms with Gasteiger partial charge in [0.05, 0.1) is 22.7 Å². The largest absolute Gasteiger partial charge is 0.343 e. The fraction of sp³-hybridized carbons (Fsp3) is 0.176. The third-order valence-corrected chi connectivity index (χ3v) is 5.67. The van der Waals surface area contributed by atoms with Crippen LogP contribution in [0.25, 0.3) is 0 Å². The Kier molecular flexibility index (Phi) is 4.56. The number of hydrogen-bond donors (Lipinski definition) is 2. The minimum atomic E-state index is -3.78. The molecule has 0 spiro atoms. The Balaban J connectivity index is 1.92. The number of nitrogens with zero attached hydrogens (tertiary/aromatic N) is 1. The number of benzene rings is 2. The van der Waals surface area contributed by atoms with Crippen LogP contribution in [0.4, 0.5) is 5.69 Å². The SMILES string of the molecule is CN(Cc1ccccc1)S(=O)(=O)c1ccc2c(c1)C(=O)NCC(=O)N2. The van der Waals surface area contributed by atoms with E-state index in [0.29, 0.717) is 5.69 Å². The number of carbonyl (C=O) groups is 2. The zero-order valence-corrected chi connectivity index (χ0v) is 14.3. The lowest BCUT2D eigenvalue weighted by atomic mass is 10.1. The van der Waals surface area contributed by atoms with Gasteiger partial charge in [0.2, 0.25) is 15.9 Å². The minimum Gasteiger partial charge on any atom is -0.343 e. The molecule has 1 heterocycles. The van der Waals surface area contributed by atoms with Gasteiger partial charge < -0.3 is 10.6 Å². The van der Waals surface area contributed by atoms with Gasteiger partial charge in [-0.1, -0.05) is 30.3 Å². The molecule has 0 fully saturated rings. The van der Waals surface area contributed by atoms with E-state index < -0.39 is 15.9 Å². The molecule has 3 rings (SSSR count). The molecule has 0 aromatic heterocycles. The van der Waals surface area contributed by atoms with Gasteiger partial charge in [0.1, 0.15) is 0 Å². The van der Waals surface area contributed by atoms with E-state index >= 15 is 0 Å². The lowest BCUT2D eigenvalue weighted by molar-refractivity contribution is -0.115. The van der Waals surface area contributed by atoms with Crippen LogP contribution in [-0.2, 0) is 21.4 Å². The third kappa shape index (κ3) is 3.54. The van der Waals surface area contributed by atoms with Crippen molar-refractivity contribution < 1.29 is 18.0 Å². The molecule has 2 aromatic carbocycles. The van der Waals surface area contributed by atoms with E-state index in [2.05, 4.69) is 10.6 Å². The van der Waals surface area contributed by atoms with E-state index in [1.54, 1.807) is 0 Å². The molecule has 0 aliphatic carbocycles. The van der Waals surface area contributed by atoms with Gasteiger partial charge >= 0.3 is 0 Å². The molecule has 2 N–H and O–H groups in total. The van der Waals surface area contributed by atoms with Crippen molar-refractivity contribution >= 4 is 27.5 Å². The zero-order chi connectivity index (χ0) is 18.0. The zero-order valence-electron chi connectivity index (χ0n) is 13.5. The molecule has 0 saturated heterocycles.